The molecule has 0 N–H and O–H groups in total. The van der Waals surface area contributed by atoms with Crippen molar-refractivity contribution in [1.29, 1.82) is 0 Å². The number of hydrogen-bond acceptors (Lipinski definition) is 5. The van der Waals surface area contributed by atoms with Gasteiger partial charge in [0.2, 0.25) is 0 Å². The number of fused-ring (bicyclic) bond motifs is 1. The highest BCUT2D eigenvalue weighted by Crippen LogP contribution is 2.32. The van der Waals surface area contributed by atoms with Crippen LogP contribution in [0.1, 0.15) is 23.4 Å². The lowest BCUT2D eigenvalue weighted by Gasteiger charge is -2.40. The molecule has 3 heterocycles. The minimum atomic E-state index is -4.55. The van der Waals surface area contributed by atoms with E-state index in [1.807, 2.05) is 0 Å². The van der Waals surface area contributed by atoms with Crippen LogP contribution in [-0.4, -0.2) is 32.8 Å². The number of halogens is 3. The number of aryl methyl sites for hydroxylation is 1. The van der Waals surface area contributed by atoms with Crippen molar-refractivity contribution >= 4 is 5.82 Å². The maximum atomic E-state index is 12.7. The summed E-state index contributed by atoms with van der Waals surface area (Å²) in [6.45, 7) is 1.47. The van der Waals surface area contributed by atoms with Crippen molar-refractivity contribution in [2.75, 3.05) is 18.0 Å². The normalized spacial score (nSPS) is 17.5. The SMILES string of the molecule is O=c1ccc(C(F)(F)F)nn1CC1CN(c2ncnc3c2CCC3)C1. The number of alkyl halides is 3. The van der Waals surface area contributed by atoms with Crippen molar-refractivity contribution in [3.8, 4) is 0 Å². The van der Waals surface area contributed by atoms with Gasteiger partial charge in [-0.1, -0.05) is 0 Å². The first kappa shape index (κ1) is 16.0. The number of rotatable bonds is 3. The van der Waals surface area contributed by atoms with Gasteiger partial charge in [-0.25, -0.2) is 14.6 Å². The third-order valence-electron chi connectivity index (χ3n) is 4.70. The molecule has 0 saturated carbocycles. The Kier molecular flexibility index (Phi) is 3.73. The Balaban J connectivity index is 1.46. The topological polar surface area (TPSA) is 63.9 Å². The lowest BCUT2D eigenvalue weighted by molar-refractivity contribution is -0.142. The van der Waals surface area contributed by atoms with Crippen LogP contribution in [0.5, 0.6) is 0 Å². The van der Waals surface area contributed by atoms with Crippen molar-refractivity contribution in [1.82, 2.24) is 19.7 Å². The van der Waals surface area contributed by atoms with Gasteiger partial charge in [0.25, 0.3) is 5.56 Å². The van der Waals surface area contributed by atoms with Crippen molar-refractivity contribution in [3.63, 3.8) is 0 Å². The largest absolute Gasteiger partial charge is 0.435 e. The van der Waals surface area contributed by atoms with E-state index >= 15 is 0 Å². The Hall–Kier alpha value is -2.45. The smallest absolute Gasteiger partial charge is 0.355 e. The zero-order valence-corrected chi connectivity index (χ0v) is 13.3. The van der Waals surface area contributed by atoms with Crippen molar-refractivity contribution in [2.45, 2.75) is 32.0 Å². The quantitative estimate of drug-likeness (QED) is 0.842. The molecule has 0 unspecified atom stereocenters. The van der Waals surface area contributed by atoms with E-state index in [-0.39, 0.29) is 12.5 Å². The summed E-state index contributed by atoms with van der Waals surface area (Å²) in [5.41, 5.74) is 0.700. The Labute approximate surface area is 141 Å². The highest BCUT2D eigenvalue weighted by molar-refractivity contribution is 5.52. The lowest BCUT2D eigenvalue weighted by Crippen LogP contribution is -2.50. The van der Waals surface area contributed by atoms with Gasteiger partial charge in [0.05, 0.1) is 6.54 Å². The summed E-state index contributed by atoms with van der Waals surface area (Å²) in [4.78, 5) is 22.5. The van der Waals surface area contributed by atoms with Gasteiger partial charge in [-0.05, 0) is 25.3 Å². The average molecular weight is 351 g/mol. The molecule has 0 spiro atoms. The zero-order valence-electron chi connectivity index (χ0n) is 13.3. The minimum Gasteiger partial charge on any atom is -0.355 e. The van der Waals surface area contributed by atoms with Gasteiger partial charge in [-0.2, -0.15) is 18.3 Å². The molecule has 2 aromatic rings. The number of anilines is 1. The predicted molar refractivity (Wildman–Crippen MR) is 83.3 cm³/mol. The fraction of sp³-hybridized carbons (Fsp3) is 0.500. The van der Waals surface area contributed by atoms with Gasteiger partial charge in [-0.15, -0.1) is 0 Å². The highest BCUT2D eigenvalue weighted by atomic mass is 19.4. The maximum Gasteiger partial charge on any atom is 0.435 e. The molecule has 132 valence electrons. The fourth-order valence-electron chi connectivity index (χ4n) is 3.45. The molecule has 4 rings (SSSR count). The molecule has 0 aromatic carbocycles. The lowest BCUT2D eigenvalue weighted by atomic mass is 9.99. The molecular weight excluding hydrogens is 335 g/mol. The third-order valence-corrected chi connectivity index (χ3v) is 4.70. The van der Waals surface area contributed by atoms with Gasteiger partial charge in [-0.3, -0.25) is 4.79 Å². The molecule has 0 atom stereocenters. The highest BCUT2D eigenvalue weighted by Gasteiger charge is 2.35. The first-order valence-electron chi connectivity index (χ1n) is 8.15. The van der Waals surface area contributed by atoms with Crippen LogP contribution in [0.2, 0.25) is 0 Å². The minimum absolute atomic E-state index is 0.0701. The molecule has 0 radical (unpaired) electrons. The van der Waals surface area contributed by atoms with Gasteiger partial charge in [0.15, 0.2) is 5.69 Å². The van der Waals surface area contributed by atoms with Crippen LogP contribution in [0.15, 0.2) is 23.3 Å². The van der Waals surface area contributed by atoms with Gasteiger partial charge in [0.1, 0.15) is 12.1 Å². The number of hydrogen-bond donors (Lipinski definition) is 0. The summed E-state index contributed by atoms with van der Waals surface area (Å²) in [5, 5.41) is 3.46. The van der Waals surface area contributed by atoms with Crippen LogP contribution >= 0.6 is 0 Å². The standard InChI is InChI=1S/C16H16F3N5O/c17-16(18,19)13-4-5-14(25)24(22-13)8-10-6-23(7-10)15-11-2-1-3-12(11)20-9-21-15/h4-5,9-10H,1-3,6-8H2. The molecule has 0 amide bonds. The van der Waals surface area contributed by atoms with Crippen LogP contribution in [0, 0.1) is 5.92 Å². The maximum absolute atomic E-state index is 12.7. The van der Waals surface area contributed by atoms with Crippen LogP contribution < -0.4 is 10.5 Å². The molecule has 1 aliphatic heterocycles. The molecule has 6 nitrogen and oxygen atoms in total. The molecule has 0 bridgehead atoms. The van der Waals surface area contributed by atoms with E-state index in [9.17, 15) is 18.0 Å². The molecule has 1 aliphatic carbocycles. The van der Waals surface area contributed by atoms with Crippen molar-refractivity contribution in [2.24, 2.45) is 5.92 Å². The van der Waals surface area contributed by atoms with Crippen LogP contribution in [0.4, 0.5) is 19.0 Å². The molecule has 1 saturated heterocycles. The fourth-order valence-corrected chi connectivity index (χ4v) is 3.45. The van der Waals surface area contributed by atoms with Crippen LogP contribution in [-0.2, 0) is 25.6 Å². The summed E-state index contributed by atoms with van der Waals surface area (Å²) < 4.78 is 39.1. The van der Waals surface area contributed by atoms with Gasteiger partial charge < -0.3 is 4.90 Å². The monoisotopic (exact) mass is 351 g/mol. The summed E-state index contributed by atoms with van der Waals surface area (Å²) >= 11 is 0. The first-order chi connectivity index (χ1) is 11.9. The van der Waals surface area contributed by atoms with E-state index in [0.717, 1.165) is 47.6 Å². The predicted octanol–water partition coefficient (Wildman–Crippen LogP) is 1.68. The van der Waals surface area contributed by atoms with E-state index < -0.39 is 17.4 Å². The first-order valence-corrected chi connectivity index (χ1v) is 8.15. The summed E-state index contributed by atoms with van der Waals surface area (Å²) in [5.74, 6) is 0.990. The van der Waals surface area contributed by atoms with Crippen LogP contribution in [0.3, 0.4) is 0 Å². The molecule has 2 aromatic heterocycles. The average Bonchev–Trinajstić information content (AvgIpc) is 2.99. The summed E-state index contributed by atoms with van der Waals surface area (Å²) in [6.07, 6.45) is 0.00309. The van der Waals surface area contributed by atoms with Crippen molar-refractivity contribution in [3.05, 3.63) is 45.8 Å². The van der Waals surface area contributed by atoms with E-state index in [1.54, 1.807) is 6.33 Å². The van der Waals surface area contributed by atoms with Crippen LogP contribution in [0.25, 0.3) is 0 Å². The Morgan fingerprint density at radius 1 is 1.16 bits per heavy atom. The third kappa shape index (κ3) is 2.98. The second-order valence-electron chi connectivity index (χ2n) is 6.48. The molecule has 2 aliphatic rings. The summed E-state index contributed by atoms with van der Waals surface area (Å²) in [7, 11) is 0. The Morgan fingerprint density at radius 3 is 2.72 bits per heavy atom. The number of aromatic nitrogens is 4. The van der Waals surface area contributed by atoms with E-state index in [0.29, 0.717) is 13.1 Å². The number of nitrogens with zero attached hydrogens (tertiary/aromatic N) is 5. The van der Waals surface area contributed by atoms with Gasteiger partial charge >= 0.3 is 6.18 Å². The van der Waals surface area contributed by atoms with E-state index in [4.69, 9.17) is 0 Å². The Morgan fingerprint density at radius 2 is 1.96 bits per heavy atom. The van der Waals surface area contributed by atoms with E-state index in [1.165, 1.54) is 5.56 Å². The second kappa shape index (κ2) is 5.82. The van der Waals surface area contributed by atoms with Crippen molar-refractivity contribution < 1.29 is 13.2 Å². The molecule has 25 heavy (non-hydrogen) atoms. The second-order valence-corrected chi connectivity index (χ2v) is 6.48. The van der Waals surface area contributed by atoms with Gasteiger partial charge in [0, 0.05) is 36.3 Å². The van der Waals surface area contributed by atoms with E-state index in [2.05, 4.69) is 20.0 Å². The zero-order chi connectivity index (χ0) is 17.6. The molecule has 1 fully saturated rings. The molecular formula is C16H16F3N5O. The Bertz CT molecular complexity index is 858. The summed E-state index contributed by atoms with van der Waals surface area (Å²) in [6, 6.07) is 1.64. The molecule has 9 heteroatoms.